The Balaban J connectivity index is 2.74. The molecule has 1 aromatic heterocycles. The third-order valence-electron chi connectivity index (χ3n) is 3.17. The van der Waals surface area contributed by atoms with E-state index in [9.17, 15) is 0 Å². The van der Waals surface area contributed by atoms with Crippen molar-refractivity contribution in [1.82, 2.24) is 0 Å². The second-order valence-corrected chi connectivity index (χ2v) is 5.61. The first-order chi connectivity index (χ1) is 8.19. The van der Waals surface area contributed by atoms with Gasteiger partial charge in [0.05, 0.1) is 0 Å². The van der Waals surface area contributed by atoms with E-state index < -0.39 is 0 Å². The summed E-state index contributed by atoms with van der Waals surface area (Å²) in [5, 5.41) is 1.45. The molecule has 0 atom stereocenters. The summed E-state index contributed by atoms with van der Waals surface area (Å²) in [5.74, 6) is 0. The highest BCUT2D eigenvalue weighted by atomic mass is 32.1. The van der Waals surface area contributed by atoms with E-state index in [1.807, 2.05) is 11.3 Å². The van der Waals surface area contributed by atoms with Gasteiger partial charge in [-0.05, 0) is 41.9 Å². The summed E-state index contributed by atoms with van der Waals surface area (Å²) in [6.45, 7) is 10.7. The first kappa shape index (κ1) is 12.4. The fourth-order valence-electron chi connectivity index (χ4n) is 2.35. The Morgan fingerprint density at radius 2 is 2.06 bits per heavy atom. The van der Waals surface area contributed by atoms with Crippen molar-refractivity contribution in [2.75, 3.05) is 0 Å². The largest absolute Gasteiger partial charge is 0.135 e. The highest BCUT2D eigenvalue weighted by Gasteiger charge is 2.13. The normalized spacial score (nSPS) is 11.0. The molecule has 0 unspecified atom stereocenters. The van der Waals surface area contributed by atoms with Crippen LogP contribution in [0.25, 0.3) is 15.7 Å². The summed E-state index contributed by atoms with van der Waals surface area (Å²) in [6, 6.07) is 6.70. The Bertz CT molecular complexity index is 546. The zero-order valence-electron chi connectivity index (χ0n) is 11.0. The van der Waals surface area contributed by atoms with Crippen LogP contribution in [0, 0.1) is 0 Å². The average Bonchev–Trinajstić information content (AvgIpc) is 2.69. The smallest absolute Gasteiger partial charge is 0.0384 e. The van der Waals surface area contributed by atoms with Gasteiger partial charge < -0.3 is 0 Å². The molecule has 0 amide bonds. The summed E-state index contributed by atoms with van der Waals surface area (Å²) in [6.07, 6.45) is 3.47. The topological polar surface area (TPSA) is 0 Å². The van der Waals surface area contributed by atoms with Crippen LogP contribution in [-0.2, 0) is 12.8 Å². The molecule has 0 saturated carbocycles. The van der Waals surface area contributed by atoms with Crippen molar-refractivity contribution in [3.63, 3.8) is 0 Å². The molecule has 2 aromatic rings. The molecule has 0 bridgehead atoms. The van der Waals surface area contributed by atoms with Gasteiger partial charge in [0.25, 0.3) is 0 Å². The van der Waals surface area contributed by atoms with Gasteiger partial charge in [-0.25, -0.2) is 0 Å². The molecule has 0 aliphatic heterocycles. The summed E-state index contributed by atoms with van der Waals surface area (Å²) in [4.78, 5) is 1.41. The maximum Gasteiger partial charge on any atom is 0.0384 e. The van der Waals surface area contributed by atoms with Crippen LogP contribution in [0.5, 0.6) is 0 Å². The molecule has 0 radical (unpaired) electrons. The quantitative estimate of drug-likeness (QED) is 0.671. The number of aryl methyl sites for hydroxylation is 2. The molecule has 0 fully saturated rings. The van der Waals surface area contributed by atoms with E-state index in [0.29, 0.717) is 0 Å². The molecular weight excluding hydrogens is 224 g/mol. The van der Waals surface area contributed by atoms with Gasteiger partial charge in [0.1, 0.15) is 0 Å². The van der Waals surface area contributed by atoms with Crippen LogP contribution < -0.4 is 0 Å². The van der Waals surface area contributed by atoms with E-state index in [1.54, 1.807) is 0 Å². The highest BCUT2D eigenvalue weighted by Crippen LogP contribution is 2.37. The Morgan fingerprint density at radius 1 is 1.29 bits per heavy atom. The first-order valence-electron chi connectivity index (χ1n) is 6.38. The van der Waals surface area contributed by atoms with Crippen LogP contribution in [0.2, 0.25) is 0 Å². The molecule has 1 heteroatoms. The van der Waals surface area contributed by atoms with Gasteiger partial charge in [0.15, 0.2) is 0 Å². The predicted octanol–water partition coefficient (Wildman–Crippen LogP) is 5.45. The van der Waals surface area contributed by atoms with Gasteiger partial charge in [0.2, 0.25) is 0 Å². The van der Waals surface area contributed by atoms with Gasteiger partial charge >= 0.3 is 0 Å². The minimum atomic E-state index is 1.11. The molecular formula is C16H20S. The lowest BCUT2D eigenvalue weighted by atomic mass is 10.0. The maximum absolute atomic E-state index is 4.13. The molecule has 1 aromatic carbocycles. The third-order valence-corrected chi connectivity index (χ3v) is 4.65. The van der Waals surface area contributed by atoms with E-state index in [1.165, 1.54) is 38.1 Å². The van der Waals surface area contributed by atoms with Crippen LogP contribution in [0.1, 0.15) is 43.2 Å². The molecule has 0 saturated heterocycles. The monoisotopic (exact) mass is 244 g/mol. The number of hydrogen-bond acceptors (Lipinski definition) is 1. The lowest BCUT2D eigenvalue weighted by Crippen LogP contribution is -1.86. The minimum Gasteiger partial charge on any atom is -0.135 e. The van der Waals surface area contributed by atoms with Crippen molar-refractivity contribution in [3.8, 4) is 0 Å². The molecule has 2 rings (SSSR count). The summed E-state index contributed by atoms with van der Waals surface area (Å²) < 4.78 is 1.47. The van der Waals surface area contributed by atoms with E-state index >= 15 is 0 Å². The van der Waals surface area contributed by atoms with E-state index in [4.69, 9.17) is 0 Å². The molecule has 17 heavy (non-hydrogen) atoms. The van der Waals surface area contributed by atoms with Crippen molar-refractivity contribution in [3.05, 3.63) is 40.8 Å². The summed E-state index contributed by atoms with van der Waals surface area (Å²) >= 11 is 1.92. The van der Waals surface area contributed by atoms with Gasteiger partial charge in [0, 0.05) is 9.58 Å². The standard InChI is InChI=1S/C16H20S/c1-5-8-13-14-10-7-9-12(6-2)16(14)17-15(13)11(3)4/h7,9-10H,3,5-6,8H2,1-2,4H3. The lowest BCUT2D eigenvalue weighted by Gasteiger charge is -2.02. The first-order valence-corrected chi connectivity index (χ1v) is 7.19. The molecule has 0 aliphatic rings. The van der Waals surface area contributed by atoms with E-state index in [0.717, 1.165) is 12.8 Å². The van der Waals surface area contributed by atoms with Crippen molar-refractivity contribution in [1.29, 1.82) is 0 Å². The molecule has 0 N–H and O–H groups in total. The predicted molar refractivity (Wildman–Crippen MR) is 79.9 cm³/mol. The van der Waals surface area contributed by atoms with Gasteiger partial charge in [-0.2, -0.15) is 0 Å². The molecule has 0 aliphatic carbocycles. The van der Waals surface area contributed by atoms with Gasteiger partial charge in [-0.3, -0.25) is 0 Å². The van der Waals surface area contributed by atoms with Crippen LogP contribution in [-0.4, -0.2) is 0 Å². The maximum atomic E-state index is 4.13. The van der Waals surface area contributed by atoms with Crippen LogP contribution >= 0.6 is 11.3 Å². The Morgan fingerprint density at radius 3 is 2.65 bits per heavy atom. The van der Waals surface area contributed by atoms with Crippen molar-refractivity contribution in [2.45, 2.75) is 40.0 Å². The number of allylic oxidation sites excluding steroid dienone is 1. The Labute approximate surface area is 108 Å². The Hall–Kier alpha value is -1.08. The van der Waals surface area contributed by atoms with Crippen LogP contribution in [0.3, 0.4) is 0 Å². The lowest BCUT2D eigenvalue weighted by molar-refractivity contribution is 0.930. The highest BCUT2D eigenvalue weighted by molar-refractivity contribution is 7.20. The van der Waals surface area contributed by atoms with Gasteiger partial charge in [-0.1, -0.05) is 45.0 Å². The van der Waals surface area contributed by atoms with Crippen LogP contribution in [0.15, 0.2) is 24.8 Å². The number of benzene rings is 1. The molecule has 90 valence electrons. The molecule has 0 spiro atoms. The van der Waals surface area contributed by atoms with E-state index in [2.05, 4.69) is 45.5 Å². The average molecular weight is 244 g/mol. The minimum absolute atomic E-state index is 1.11. The number of thiophene rings is 1. The summed E-state index contributed by atoms with van der Waals surface area (Å²) in [5.41, 5.74) is 4.18. The fraction of sp³-hybridized carbons (Fsp3) is 0.375. The molecule has 0 nitrogen and oxygen atoms in total. The SMILES string of the molecule is C=C(C)c1sc2c(CC)cccc2c1CCC. The fourth-order valence-corrected chi connectivity index (χ4v) is 3.71. The van der Waals surface area contributed by atoms with Crippen molar-refractivity contribution in [2.24, 2.45) is 0 Å². The van der Waals surface area contributed by atoms with Crippen LogP contribution in [0.4, 0.5) is 0 Å². The molecule has 1 heterocycles. The number of rotatable bonds is 4. The van der Waals surface area contributed by atoms with Crippen molar-refractivity contribution < 1.29 is 0 Å². The van der Waals surface area contributed by atoms with E-state index in [-0.39, 0.29) is 0 Å². The second kappa shape index (κ2) is 5.05. The number of fused-ring (bicyclic) bond motifs is 1. The summed E-state index contributed by atoms with van der Waals surface area (Å²) in [7, 11) is 0. The Kier molecular flexibility index (Phi) is 3.68. The number of hydrogen-bond donors (Lipinski definition) is 0. The zero-order valence-corrected chi connectivity index (χ0v) is 11.8. The third kappa shape index (κ3) is 2.16. The second-order valence-electron chi connectivity index (χ2n) is 4.59. The van der Waals surface area contributed by atoms with Gasteiger partial charge in [-0.15, -0.1) is 11.3 Å². The van der Waals surface area contributed by atoms with Crippen molar-refractivity contribution >= 4 is 27.0 Å². The zero-order chi connectivity index (χ0) is 12.4.